The van der Waals surface area contributed by atoms with Crippen LogP contribution in [0.25, 0.3) is 0 Å². The molecule has 7 heteroatoms. The van der Waals surface area contributed by atoms with Gasteiger partial charge in [0.2, 0.25) is 0 Å². The Morgan fingerprint density at radius 2 is 1.33 bits per heavy atom. The summed E-state index contributed by atoms with van der Waals surface area (Å²) in [6.07, 6.45) is -0.0956. The predicted molar refractivity (Wildman–Crippen MR) is 117 cm³/mol. The molecule has 0 saturated heterocycles. The molecule has 0 saturated carbocycles. The van der Waals surface area contributed by atoms with Gasteiger partial charge < -0.3 is 29.5 Å². The van der Waals surface area contributed by atoms with Crippen LogP contribution in [-0.4, -0.2) is 77.5 Å². The first-order valence-corrected chi connectivity index (χ1v) is 10.8. The summed E-state index contributed by atoms with van der Waals surface area (Å²) >= 11 is 0. The topological polar surface area (TPSA) is 105 Å². The van der Waals surface area contributed by atoms with Crippen LogP contribution < -0.4 is 0 Å². The van der Waals surface area contributed by atoms with Gasteiger partial charge in [0.05, 0.1) is 38.6 Å². The highest BCUT2D eigenvalue weighted by Crippen LogP contribution is 2.35. The molecule has 2 atom stereocenters. The molecule has 0 heterocycles. The third kappa shape index (κ3) is 12.3. The second kappa shape index (κ2) is 11.9. The van der Waals surface area contributed by atoms with Gasteiger partial charge in [0.25, 0.3) is 0 Å². The van der Waals surface area contributed by atoms with Gasteiger partial charge in [0, 0.05) is 5.41 Å². The minimum Gasteiger partial charge on any atom is -0.394 e. The summed E-state index contributed by atoms with van der Waals surface area (Å²) < 4.78 is 16.9. The third-order valence-electron chi connectivity index (χ3n) is 4.94. The molecular formula is C23H46O7. The Kier molecular flexibility index (Phi) is 11.7. The smallest absolute Gasteiger partial charge is 0.169 e. The molecular weight excluding hydrogens is 388 g/mol. The molecule has 0 aliphatic carbocycles. The molecule has 0 aromatic rings. The molecule has 0 aliphatic rings. The molecule has 0 amide bonds. The molecule has 180 valence electrons. The van der Waals surface area contributed by atoms with E-state index in [0.717, 1.165) is 12.8 Å². The van der Waals surface area contributed by atoms with Gasteiger partial charge in [-0.15, -0.1) is 0 Å². The lowest BCUT2D eigenvalue weighted by atomic mass is 9.73. The fraction of sp³-hybridized carbons (Fsp3) is 0.957. The Balaban J connectivity index is 4.58. The molecule has 3 N–H and O–H groups in total. The molecule has 0 radical (unpaired) electrons. The first kappa shape index (κ1) is 29.4. The van der Waals surface area contributed by atoms with E-state index in [4.69, 9.17) is 19.3 Å². The van der Waals surface area contributed by atoms with Crippen molar-refractivity contribution in [2.24, 2.45) is 10.8 Å². The minimum atomic E-state index is -0.963. The summed E-state index contributed by atoms with van der Waals surface area (Å²) in [5, 5.41) is 27.9. The van der Waals surface area contributed by atoms with Gasteiger partial charge in [-0.2, -0.15) is 0 Å². The summed E-state index contributed by atoms with van der Waals surface area (Å²) in [5.41, 5.74) is -1.99. The van der Waals surface area contributed by atoms with Crippen molar-refractivity contribution in [3.63, 3.8) is 0 Å². The van der Waals surface area contributed by atoms with E-state index in [1.807, 2.05) is 27.7 Å². The Labute approximate surface area is 183 Å². The van der Waals surface area contributed by atoms with Gasteiger partial charge >= 0.3 is 0 Å². The van der Waals surface area contributed by atoms with Crippen LogP contribution in [0.15, 0.2) is 0 Å². The lowest BCUT2D eigenvalue weighted by Crippen LogP contribution is -2.47. The quantitative estimate of drug-likeness (QED) is 0.364. The maximum absolute atomic E-state index is 13.1. The third-order valence-corrected chi connectivity index (χ3v) is 4.94. The van der Waals surface area contributed by atoms with Crippen LogP contribution in [0.5, 0.6) is 0 Å². The monoisotopic (exact) mass is 434 g/mol. The van der Waals surface area contributed by atoms with Crippen LogP contribution in [0.2, 0.25) is 0 Å². The summed E-state index contributed by atoms with van der Waals surface area (Å²) in [6.45, 7) is 17.5. The number of hydrogen-bond acceptors (Lipinski definition) is 7. The molecule has 0 spiro atoms. The Morgan fingerprint density at radius 3 is 1.83 bits per heavy atom. The first-order valence-electron chi connectivity index (χ1n) is 10.8. The Morgan fingerprint density at radius 1 is 0.800 bits per heavy atom. The molecule has 0 fully saturated rings. The maximum Gasteiger partial charge on any atom is 0.169 e. The first-order chi connectivity index (χ1) is 13.4. The van der Waals surface area contributed by atoms with Crippen LogP contribution in [0.4, 0.5) is 0 Å². The molecule has 0 rings (SSSR count). The fourth-order valence-corrected chi connectivity index (χ4v) is 2.84. The van der Waals surface area contributed by atoms with Gasteiger partial charge in [0.15, 0.2) is 5.78 Å². The van der Waals surface area contributed by atoms with Crippen LogP contribution in [-0.2, 0) is 19.0 Å². The van der Waals surface area contributed by atoms with Crippen molar-refractivity contribution in [3.05, 3.63) is 0 Å². The van der Waals surface area contributed by atoms with E-state index in [-0.39, 0.29) is 37.6 Å². The van der Waals surface area contributed by atoms with E-state index < -0.39 is 35.4 Å². The van der Waals surface area contributed by atoms with Crippen molar-refractivity contribution in [3.8, 4) is 0 Å². The number of ketones is 1. The van der Waals surface area contributed by atoms with Gasteiger partial charge in [-0.1, -0.05) is 34.6 Å². The number of carbonyl (C=O) groups excluding carboxylic acids is 1. The van der Waals surface area contributed by atoms with Crippen LogP contribution in [0.1, 0.15) is 75.2 Å². The normalized spacial score (nSPS) is 15.9. The molecule has 0 aliphatic heterocycles. The van der Waals surface area contributed by atoms with Crippen molar-refractivity contribution in [2.75, 3.05) is 33.0 Å². The van der Waals surface area contributed by atoms with E-state index in [2.05, 4.69) is 20.8 Å². The van der Waals surface area contributed by atoms with Crippen LogP contribution >= 0.6 is 0 Å². The highest BCUT2D eigenvalue weighted by molar-refractivity contribution is 5.91. The Bertz CT molecular complexity index is 506. The van der Waals surface area contributed by atoms with Crippen LogP contribution in [0.3, 0.4) is 0 Å². The van der Waals surface area contributed by atoms with Crippen molar-refractivity contribution in [1.82, 2.24) is 0 Å². The zero-order valence-corrected chi connectivity index (χ0v) is 20.6. The number of ether oxygens (including phenoxy) is 3. The van der Waals surface area contributed by atoms with E-state index in [0.29, 0.717) is 0 Å². The van der Waals surface area contributed by atoms with Gasteiger partial charge in [-0.25, -0.2) is 0 Å². The second-order valence-electron chi connectivity index (χ2n) is 11.2. The number of hydrogen-bond donors (Lipinski definition) is 3. The van der Waals surface area contributed by atoms with Gasteiger partial charge in [-0.3, -0.25) is 4.79 Å². The lowest BCUT2D eigenvalue weighted by Gasteiger charge is -2.37. The van der Waals surface area contributed by atoms with Crippen molar-refractivity contribution < 1.29 is 34.3 Å². The maximum atomic E-state index is 13.1. The second-order valence-corrected chi connectivity index (χ2v) is 11.2. The van der Waals surface area contributed by atoms with Crippen LogP contribution in [0, 0.1) is 10.8 Å². The van der Waals surface area contributed by atoms with Gasteiger partial charge in [0.1, 0.15) is 17.8 Å². The van der Waals surface area contributed by atoms with E-state index in [1.165, 1.54) is 0 Å². The average Bonchev–Trinajstić information content (AvgIpc) is 2.62. The van der Waals surface area contributed by atoms with Crippen molar-refractivity contribution in [1.29, 1.82) is 0 Å². The molecule has 0 aromatic carbocycles. The summed E-state index contributed by atoms with van der Waals surface area (Å²) in [5.74, 6) is 0.0610. The molecule has 7 nitrogen and oxygen atoms in total. The summed E-state index contributed by atoms with van der Waals surface area (Å²) in [7, 11) is 0. The predicted octanol–water partition coefficient (Wildman–Crippen LogP) is 2.73. The van der Waals surface area contributed by atoms with E-state index >= 15 is 0 Å². The number of aliphatic hydroxyl groups is 3. The zero-order valence-electron chi connectivity index (χ0n) is 20.6. The number of aliphatic hydroxyl groups excluding tert-OH is 3. The molecule has 2 unspecified atom stereocenters. The standard InChI is InChI=1S/C23H46O7/c1-20(2,3)10-11-21(4,5)19(27)23(8,9)30-16-22(6,7)29-15-18(26)14-28-13-17(25)12-24/h17-18,24-26H,10-16H2,1-9H3. The van der Waals surface area contributed by atoms with E-state index in [9.17, 15) is 15.0 Å². The van der Waals surface area contributed by atoms with Gasteiger partial charge in [-0.05, 0) is 46.0 Å². The number of rotatable bonds is 15. The Hall–Kier alpha value is -0.570. The summed E-state index contributed by atoms with van der Waals surface area (Å²) in [6, 6.07) is 0. The molecule has 0 bridgehead atoms. The van der Waals surface area contributed by atoms with Crippen molar-refractivity contribution >= 4 is 5.78 Å². The average molecular weight is 435 g/mol. The zero-order chi connectivity index (χ0) is 23.8. The summed E-state index contributed by atoms with van der Waals surface area (Å²) in [4.78, 5) is 13.1. The van der Waals surface area contributed by atoms with Crippen molar-refractivity contribution in [2.45, 2.75) is 98.6 Å². The molecule has 30 heavy (non-hydrogen) atoms. The van der Waals surface area contributed by atoms with E-state index in [1.54, 1.807) is 13.8 Å². The number of carbonyl (C=O) groups is 1. The molecule has 0 aromatic heterocycles. The fourth-order valence-electron chi connectivity index (χ4n) is 2.84. The minimum absolute atomic E-state index is 0.0139. The highest BCUT2D eigenvalue weighted by Gasteiger charge is 2.41. The largest absolute Gasteiger partial charge is 0.394 e. The highest BCUT2D eigenvalue weighted by atomic mass is 16.6. The number of Topliss-reactive ketones (excluding diaryl/α,β-unsaturated/α-hetero) is 1. The lowest BCUT2D eigenvalue weighted by molar-refractivity contribution is -0.166. The SMILES string of the molecule is CC(C)(C)CCC(C)(C)C(=O)C(C)(C)OCC(C)(C)OCC(O)COCC(O)CO.